The van der Waals surface area contributed by atoms with E-state index in [1.807, 2.05) is 12.1 Å². The summed E-state index contributed by atoms with van der Waals surface area (Å²) in [7, 11) is 1.76. The van der Waals surface area contributed by atoms with Gasteiger partial charge in [-0.3, -0.25) is 9.59 Å². The van der Waals surface area contributed by atoms with E-state index in [9.17, 15) is 19.1 Å². The number of likely N-dealkylation sites (tertiary alicyclic amines) is 1. The third-order valence-corrected chi connectivity index (χ3v) is 5.97. The van der Waals surface area contributed by atoms with Crippen LogP contribution in [0, 0.1) is 5.82 Å². The molecule has 8 heteroatoms. The number of pyridine rings is 1. The number of nitrogen functional groups attached to an aromatic ring is 1. The highest BCUT2D eigenvalue weighted by Gasteiger charge is 2.28. The third-order valence-electron chi connectivity index (χ3n) is 5.97. The maximum absolute atomic E-state index is 14.9. The van der Waals surface area contributed by atoms with Crippen molar-refractivity contribution in [3.05, 3.63) is 83.3 Å². The Morgan fingerprint density at radius 2 is 2.03 bits per heavy atom. The number of anilines is 1. The molecular formula is C25H25FN4O3. The number of nitrogens with one attached hydrogen (secondary N) is 1. The van der Waals surface area contributed by atoms with Crippen LogP contribution in [0.4, 0.5) is 10.2 Å². The fraction of sp³-hybridized carbons (Fsp3) is 0.240. The lowest BCUT2D eigenvalue weighted by Gasteiger charge is -2.17. The minimum atomic E-state index is -0.713. The van der Waals surface area contributed by atoms with Gasteiger partial charge in [-0.15, -0.1) is 0 Å². The molecule has 3 aromatic rings. The Morgan fingerprint density at radius 3 is 2.67 bits per heavy atom. The van der Waals surface area contributed by atoms with E-state index in [2.05, 4.69) is 10.3 Å². The number of nitrogens with zero attached hydrogens (tertiary/aromatic N) is 2. The number of carbonyl (C=O) groups is 2. The summed E-state index contributed by atoms with van der Waals surface area (Å²) in [5.74, 6) is -1.05. The molecule has 1 saturated heterocycles. The minimum absolute atomic E-state index is 0.00218. The van der Waals surface area contributed by atoms with Crippen LogP contribution in [0.5, 0.6) is 0 Å². The molecule has 1 aliphatic rings. The molecule has 0 saturated carbocycles. The first-order chi connectivity index (χ1) is 15.9. The van der Waals surface area contributed by atoms with E-state index in [1.165, 1.54) is 12.1 Å². The third kappa shape index (κ3) is 4.70. The van der Waals surface area contributed by atoms with E-state index >= 15 is 0 Å². The number of benzene rings is 2. The van der Waals surface area contributed by atoms with E-state index in [-0.39, 0.29) is 29.8 Å². The quantitative estimate of drug-likeness (QED) is 0.537. The molecule has 4 rings (SSSR count). The number of halogens is 1. The Kier molecular flexibility index (Phi) is 6.37. The van der Waals surface area contributed by atoms with Crippen molar-refractivity contribution in [3.63, 3.8) is 0 Å². The fourth-order valence-electron chi connectivity index (χ4n) is 4.06. The lowest BCUT2D eigenvalue weighted by molar-refractivity contribution is -0.126. The summed E-state index contributed by atoms with van der Waals surface area (Å²) in [6.45, 7) is 0.272. The smallest absolute Gasteiger partial charge is 0.254 e. The van der Waals surface area contributed by atoms with Gasteiger partial charge in [-0.1, -0.05) is 36.4 Å². The molecule has 2 amide bonds. The Morgan fingerprint density at radius 1 is 1.27 bits per heavy atom. The van der Waals surface area contributed by atoms with Crippen LogP contribution in [-0.2, 0) is 4.79 Å². The molecule has 0 bridgehead atoms. The van der Waals surface area contributed by atoms with Gasteiger partial charge in [0.15, 0.2) is 0 Å². The highest BCUT2D eigenvalue weighted by atomic mass is 19.1. The van der Waals surface area contributed by atoms with Crippen molar-refractivity contribution < 1.29 is 19.1 Å². The molecule has 33 heavy (non-hydrogen) atoms. The van der Waals surface area contributed by atoms with Gasteiger partial charge in [-0.25, -0.2) is 9.37 Å². The fourth-order valence-corrected chi connectivity index (χ4v) is 4.06. The number of carbonyl (C=O) groups excluding carboxylic acids is 2. The molecule has 170 valence electrons. The molecule has 4 N–H and O–H groups in total. The number of aromatic nitrogens is 1. The maximum atomic E-state index is 14.9. The van der Waals surface area contributed by atoms with Gasteiger partial charge in [0.2, 0.25) is 5.91 Å². The Balaban J connectivity index is 1.57. The molecule has 1 aliphatic heterocycles. The van der Waals surface area contributed by atoms with E-state index in [4.69, 9.17) is 5.73 Å². The zero-order chi connectivity index (χ0) is 23.5. The Hall–Kier alpha value is -3.78. The van der Waals surface area contributed by atoms with Crippen molar-refractivity contribution in [3.8, 4) is 11.1 Å². The number of aliphatic hydroxyl groups excluding tert-OH is 1. The lowest BCUT2D eigenvalue weighted by atomic mass is 9.95. The van der Waals surface area contributed by atoms with Crippen molar-refractivity contribution >= 4 is 17.6 Å². The minimum Gasteiger partial charge on any atom is -0.394 e. The SMILES string of the molecule is CN1CC(c2cnc(N)c(-c3ccc(C(=O)N[C@H](CO)c4ccccc4)c(F)c3)c2)CC1=O. The summed E-state index contributed by atoms with van der Waals surface area (Å²) in [6, 6.07) is 14.4. The van der Waals surface area contributed by atoms with Crippen LogP contribution < -0.4 is 11.1 Å². The zero-order valence-electron chi connectivity index (χ0n) is 18.2. The van der Waals surface area contributed by atoms with Crippen LogP contribution in [0.15, 0.2) is 60.8 Å². The van der Waals surface area contributed by atoms with E-state index in [1.54, 1.807) is 48.5 Å². The van der Waals surface area contributed by atoms with E-state index in [0.717, 1.165) is 11.1 Å². The average Bonchev–Trinajstić information content (AvgIpc) is 3.16. The molecule has 7 nitrogen and oxygen atoms in total. The lowest BCUT2D eigenvalue weighted by Crippen LogP contribution is -2.31. The van der Waals surface area contributed by atoms with Crippen molar-refractivity contribution in [2.45, 2.75) is 18.4 Å². The second-order valence-corrected chi connectivity index (χ2v) is 8.19. The average molecular weight is 448 g/mol. The van der Waals surface area contributed by atoms with Crippen LogP contribution in [0.3, 0.4) is 0 Å². The first kappa shape index (κ1) is 22.4. The van der Waals surface area contributed by atoms with Crippen molar-refractivity contribution in [1.82, 2.24) is 15.2 Å². The Bertz CT molecular complexity index is 1190. The number of aliphatic hydroxyl groups is 1. The largest absolute Gasteiger partial charge is 0.394 e. The summed E-state index contributed by atoms with van der Waals surface area (Å²) in [5, 5.41) is 12.3. The van der Waals surface area contributed by atoms with Gasteiger partial charge in [0.05, 0.1) is 18.2 Å². The molecule has 0 aliphatic carbocycles. The van der Waals surface area contributed by atoms with Gasteiger partial charge >= 0.3 is 0 Å². The molecule has 2 aromatic carbocycles. The maximum Gasteiger partial charge on any atom is 0.254 e. The van der Waals surface area contributed by atoms with Gasteiger partial charge in [0.1, 0.15) is 11.6 Å². The van der Waals surface area contributed by atoms with E-state index < -0.39 is 17.8 Å². The van der Waals surface area contributed by atoms with Crippen molar-refractivity contribution in [2.75, 3.05) is 25.9 Å². The summed E-state index contributed by atoms with van der Waals surface area (Å²) >= 11 is 0. The van der Waals surface area contributed by atoms with Crippen LogP contribution in [0.25, 0.3) is 11.1 Å². The molecular weight excluding hydrogens is 423 g/mol. The van der Waals surface area contributed by atoms with Crippen LogP contribution in [0.2, 0.25) is 0 Å². The zero-order valence-corrected chi connectivity index (χ0v) is 18.2. The molecule has 0 spiro atoms. The van der Waals surface area contributed by atoms with E-state index in [0.29, 0.717) is 24.1 Å². The summed E-state index contributed by atoms with van der Waals surface area (Å²) in [4.78, 5) is 30.5. The predicted octanol–water partition coefficient (Wildman–Crippen LogP) is 2.88. The van der Waals surface area contributed by atoms with Crippen LogP contribution in [0.1, 0.15) is 39.9 Å². The first-order valence-electron chi connectivity index (χ1n) is 10.6. The molecule has 0 radical (unpaired) electrons. The monoisotopic (exact) mass is 448 g/mol. The number of amides is 2. The first-order valence-corrected chi connectivity index (χ1v) is 10.6. The summed E-state index contributed by atoms with van der Waals surface area (Å²) in [5.41, 5.74) is 8.51. The summed E-state index contributed by atoms with van der Waals surface area (Å²) in [6.07, 6.45) is 2.04. The van der Waals surface area contributed by atoms with Crippen LogP contribution >= 0.6 is 0 Å². The highest BCUT2D eigenvalue weighted by Crippen LogP contribution is 2.33. The number of likely N-dealkylation sites (N-methyl/N-ethyl adjacent to an activating group) is 1. The number of rotatable bonds is 6. The normalized spacial score (nSPS) is 16.6. The van der Waals surface area contributed by atoms with Crippen molar-refractivity contribution in [1.29, 1.82) is 0 Å². The molecule has 1 fully saturated rings. The van der Waals surface area contributed by atoms with Gasteiger partial charge in [-0.2, -0.15) is 0 Å². The second kappa shape index (κ2) is 9.38. The van der Waals surface area contributed by atoms with Gasteiger partial charge in [0.25, 0.3) is 5.91 Å². The predicted molar refractivity (Wildman–Crippen MR) is 123 cm³/mol. The standard InChI is InChI=1S/C25H25FN4O3/c1-30-13-18(11-23(30)32)17-9-20(24(27)28-12-17)16-7-8-19(21(26)10-16)25(33)29-22(14-31)15-5-3-2-4-6-15/h2-10,12,18,22,31H,11,13-14H2,1H3,(H2,27,28)(H,29,33)/t18?,22-/m1/s1. The number of nitrogens with two attached hydrogens (primary N) is 1. The Labute approximate surface area is 191 Å². The van der Waals surface area contributed by atoms with Gasteiger partial charge in [-0.05, 0) is 34.9 Å². The number of hydrogen-bond acceptors (Lipinski definition) is 5. The number of hydrogen-bond donors (Lipinski definition) is 3. The molecule has 2 atom stereocenters. The summed E-state index contributed by atoms with van der Waals surface area (Å²) < 4.78 is 14.9. The second-order valence-electron chi connectivity index (χ2n) is 8.19. The highest BCUT2D eigenvalue weighted by molar-refractivity contribution is 5.95. The molecule has 2 heterocycles. The van der Waals surface area contributed by atoms with Crippen LogP contribution in [-0.4, -0.2) is 47.0 Å². The van der Waals surface area contributed by atoms with Gasteiger partial charge < -0.3 is 21.1 Å². The van der Waals surface area contributed by atoms with Gasteiger partial charge in [0, 0.05) is 37.7 Å². The topological polar surface area (TPSA) is 109 Å². The van der Waals surface area contributed by atoms with Crippen molar-refractivity contribution in [2.24, 2.45) is 0 Å². The molecule has 1 aromatic heterocycles. The molecule has 1 unspecified atom stereocenters.